The van der Waals surface area contributed by atoms with Gasteiger partial charge in [0, 0.05) is 31.3 Å². The summed E-state index contributed by atoms with van der Waals surface area (Å²) < 4.78 is 33.0. The van der Waals surface area contributed by atoms with Crippen molar-refractivity contribution in [2.24, 2.45) is 0 Å². The number of alkyl halides is 2. The zero-order valence-electron chi connectivity index (χ0n) is 18.8. The molecule has 2 aliphatic heterocycles. The Kier molecular flexibility index (Phi) is 6.07. The molecule has 0 aliphatic carbocycles. The third kappa shape index (κ3) is 4.67. The van der Waals surface area contributed by atoms with E-state index in [-0.39, 0.29) is 36.4 Å². The minimum atomic E-state index is -2.54. The van der Waals surface area contributed by atoms with Gasteiger partial charge in [0.05, 0.1) is 17.9 Å². The van der Waals surface area contributed by atoms with Crippen LogP contribution in [0.2, 0.25) is 0 Å². The van der Waals surface area contributed by atoms with Crippen molar-refractivity contribution < 1.29 is 23.1 Å². The van der Waals surface area contributed by atoms with E-state index >= 15 is 0 Å². The molecule has 1 N–H and O–H groups in total. The quantitative estimate of drug-likeness (QED) is 0.512. The first-order valence-electron chi connectivity index (χ1n) is 11.0. The molecule has 182 valence electrons. The summed E-state index contributed by atoms with van der Waals surface area (Å²) in [6.07, 6.45) is -2.54. The molecule has 2 fully saturated rings. The highest BCUT2D eigenvalue weighted by atomic mass is 19.3. The standard InChI is InChI=1S/C22H22F2N8O3/c1-13-17(32(29-26-13)15-4-2-14(3-5-15)21(23)24)12-35-20-7-6-18(27-28-20)31-9-8-30-11-19(33)25-22(34)16(30)10-31/h2-7,16,21H,8-12H2,1H3,(H,25,33,34)/t16-/m1/s1. The lowest BCUT2D eigenvalue weighted by molar-refractivity contribution is -0.140. The molecule has 2 aromatic heterocycles. The Balaban J connectivity index is 1.24. The number of nitrogens with one attached hydrogen (secondary N) is 1. The number of rotatable bonds is 6. The van der Waals surface area contributed by atoms with Crippen LogP contribution in [0.3, 0.4) is 0 Å². The minimum absolute atomic E-state index is 0.0715. The van der Waals surface area contributed by atoms with E-state index in [9.17, 15) is 18.4 Å². The predicted molar refractivity (Wildman–Crippen MR) is 118 cm³/mol. The Labute approximate surface area is 198 Å². The van der Waals surface area contributed by atoms with Crippen molar-refractivity contribution in [3.63, 3.8) is 0 Å². The first-order valence-corrected chi connectivity index (χ1v) is 11.0. The van der Waals surface area contributed by atoms with Crippen LogP contribution >= 0.6 is 0 Å². The van der Waals surface area contributed by atoms with Crippen molar-refractivity contribution in [1.29, 1.82) is 0 Å². The monoisotopic (exact) mass is 484 g/mol. The van der Waals surface area contributed by atoms with E-state index in [1.54, 1.807) is 31.2 Å². The zero-order valence-corrected chi connectivity index (χ0v) is 18.8. The predicted octanol–water partition coefficient (Wildman–Crippen LogP) is 1.03. The van der Waals surface area contributed by atoms with E-state index in [2.05, 4.69) is 25.8 Å². The molecule has 4 heterocycles. The van der Waals surface area contributed by atoms with Gasteiger partial charge in [-0.05, 0) is 25.1 Å². The first-order chi connectivity index (χ1) is 16.9. The number of aryl methyl sites for hydroxylation is 1. The fourth-order valence-corrected chi connectivity index (χ4v) is 4.12. The second kappa shape index (κ2) is 9.33. The van der Waals surface area contributed by atoms with Gasteiger partial charge >= 0.3 is 0 Å². The molecule has 2 aliphatic rings. The summed E-state index contributed by atoms with van der Waals surface area (Å²) in [5, 5.41) is 18.9. The van der Waals surface area contributed by atoms with Gasteiger partial charge < -0.3 is 9.64 Å². The summed E-state index contributed by atoms with van der Waals surface area (Å²) >= 11 is 0. The molecular weight excluding hydrogens is 462 g/mol. The van der Waals surface area contributed by atoms with Crippen molar-refractivity contribution in [1.82, 2.24) is 35.4 Å². The Hall–Kier alpha value is -4.00. The lowest BCUT2D eigenvalue weighted by atomic mass is 10.1. The Bertz CT molecular complexity index is 1230. The summed E-state index contributed by atoms with van der Waals surface area (Å²) in [4.78, 5) is 27.5. The number of hydrogen-bond acceptors (Lipinski definition) is 9. The number of amides is 2. The van der Waals surface area contributed by atoms with E-state index in [0.717, 1.165) is 0 Å². The molecule has 1 atom stereocenters. The number of ether oxygens (including phenoxy) is 1. The van der Waals surface area contributed by atoms with E-state index in [1.165, 1.54) is 16.8 Å². The van der Waals surface area contributed by atoms with Gasteiger partial charge in [-0.3, -0.25) is 19.8 Å². The number of piperazine rings is 2. The van der Waals surface area contributed by atoms with Crippen LogP contribution in [0.15, 0.2) is 36.4 Å². The molecule has 11 nitrogen and oxygen atoms in total. The Morgan fingerprint density at radius 1 is 1.09 bits per heavy atom. The molecule has 13 heteroatoms. The Morgan fingerprint density at radius 2 is 1.89 bits per heavy atom. The minimum Gasteiger partial charge on any atom is -0.470 e. The van der Waals surface area contributed by atoms with Gasteiger partial charge in [0.25, 0.3) is 6.43 Å². The van der Waals surface area contributed by atoms with Crippen LogP contribution in [0.5, 0.6) is 5.88 Å². The Morgan fingerprint density at radius 3 is 2.60 bits per heavy atom. The SMILES string of the molecule is Cc1nnn(-c2ccc(C(F)F)cc2)c1COc1ccc(N2CCN3CC(=O)NC(=O)[C@H]3C2)nn1. The number of halogens is 2. The van der Waals surface area contributed by atoms with Crippen LogP contribution in [0, 0.1) is 6.92 Å². The number of hydrogen-bond donors (Lipinski definition) is 1. The topological polar surface area (TPSA) is 118 Å². The summed E-state index contributed by atoms with van der Waals surface area (Å²) in [6, 6.07) is 8.83. The summed E-state index contributed by atoms with van der Waals surface area (Å²) in [5.74, 6) is 0.304. The van der Waals surface area contributed by atoms with E-state index in [1.807, 2.05) is 9.80 Å². The molecule has 1 aromatic carbocycles. The molecule has 3 aromatic rings. The van der Waals surface area contributed by atoms with Crippen LogP contribution in [0.1, 0.15) is 23.4 Å². The van der Waals surface area contributed by atoms with Crippen molar-refractivity contribution in [2.45, 2.75) is 26.0 Å². The lowest BCUT2D eigenvalue weighted by Gasteiger charge is -2.42. The second-order valence-corrected chi connectivity index (χ2v) is 8.29. The van der Waals surface area contributed by atoms with Crippen molar-refractivity contribution in [2.75, 3.05) is 31.1 Å². The molecule has 0 unspecified atom stereocenters. The van der Waals surface area contributed by atoms with Gasteiger partial charge in [0.2, 0.25) is 17.7 Å². The average Bonchev–Trinajstić information content (AvgIpc) is 3.23. The average molecular weight is 484 g/mol. The first kappa shape index (κ1) is 22.8. The summed E-state index contributed by atoms with van der Waals surface area (Å²) in [6.45, 7) is 3.67. The lowest BCUT2D eigenvalue weighted by Crippen LogP contribution is -2.65. The van der Waals surface area contributed by atoms with Gasteiger partial charge in [-0.25, -0.2) is 13.5 Å². The molecule has 5 rings (SSSR count). The number of carbonyl (C=O) groups excluding carboxylic acids is 2. The molecule has 0 bridgehead atoms. The van der Waals surface area contributed by atoms with Crippen molar-refractivity contribution >= 4 is 17.6 Å². The molecule has 35 heavy (non-hydrogen) atoms. The third-order valence-corrected chi connectivity index (χ3v) is 6.06. The summed E-state index contributed by atoms with van der Waals surface area (Å²) in [5.41, 5.74) is 1.80. The molecule has 2 amide bonds. The van der Waals surface area contributed by atoms with Crippen LogP contribution in [-0.4, -0.2) is 74.1 Å². The van der Waals surface area contributed by atoms with Gasteiger partial charge in [0.1, 0.15) is 18.3 Å². The smallest absolute Gasteiger partial charge is 0.263 e. The van der Waals surface area contributed by atoms with Gasteiger partial charge in [-0.15, -0.1) is 15.3 Å². The highest BCUT2D eigenvalue weighted by molar-refractivity contribution is 6.01. The van der Waals surface area contributed by atoms with Crippen LogP contribution in [0.25, 0.3) is 5.69 Å². The van der Waals surface area contributed by atoms with Gasteiger partial charge in [-0.2, -0.15) is 0 Å². The highest BCUT2D eigenvalue weighted by Crippen LogP contribution is 2.23. The number of carbonyl (C=O) groups is 2. The molecule has 0 radical (unpaired) electrons. The number of nitrogens with zero attached hydrogens (tertiary/aromatic N) is 7. The van der Waals surface area contributed by atoms with E-state index in [0.29, 0.717) is 42.5 Å². The number of anilines is 1. The fraction of sp³-hybridized carbons (Fsp3) is 0.364. The normalized spacial score (nSPS) is 18.5. The number of benzene rings is 1. The molecule has 2 saturated heterocycles. The zero-order chi connectivity index (χ0) is 24.5. The highest BCUT2D eigenvalue weighted by Gasteiger charge is 2.38. The molecule has 0 saturated carbocycles. The van der Waals surface area contributed by atoms with Crippen LogP contribution in [-0.2, 0) is 16.2 Å². The molecular formula is C22H22F2N8O3. The van der Waals surface area contributed by atoms with E-state index in [4.69, 9.17) is 4.74 Å². The van der Waals surface area contributed by atoms with Crippen LogP contribution in [0.4, 0.5) is 14.6 Å². The molecule has 0 spiro atoms. The maximum atomic E-state index is 12.8. The largest absolute Gasteiger partial charge is 0.470 e. The number of fused-ring (bicyclic) bond motifs is 1. The van der Waals surface area contributed by atoms with Gasteiger partial charge in [0.15, 0.2) is 5.82 Å². The maximum absolute atomic E-state index is 12.8. The second-order valence-electron chi connectivity index (χ2n) is 8.29. The van der Waals surface area contributed by atoms with Gasteiger partial charge in [-0.1, -0.05) is 17.3 Å². The van der Waals surface area contributed by atoms with E-state index < -0.39 is 12.5 Å². The van der Waals surface area contributed by atoms with Crippen molar-refractivity contribution in [3.8, 4) is 11.6 Å². The van der Waals surface area contributed by atoms with Crippen molar-refractivity contribution in [3.05, 3.63) is 53.3 Å². The summed E-state index contributed by atoms with van der Waals surface area (Å²) in [7, 11) is 0. The third-order valence-electron chi connectivity index (χ3n) is 6.06. The van der Waals surface area contributed by atoms with Crippen LogP contribution < -0.4 is 15.0 Å². The fourth-order valence-electron chi connectivity index (χ4n) is 4.12. The number of aromatic nitrogens is 5. The maximum Gasteiger partial charge on any atom is 0.263 e. The number of imide groups is 1.